The smallest absolute Gasteiger partial charge is 0.267 e. The highest BCUT2D eigenvalue weighted by Crippen LogP contribution is 2.30. The van der Waals surface area contributed by atoms with Gasteiger partial charge in [0.05, 0.1) is 5.39 Å². The molecular weight excluding hydrogens is 375 g/mol. The molecule has 0 N–H and O–H groups in total. The van der Waals surface area contributed by atoms with Gasteiger partial charge in [0, 0.05) is 5.56 Å². The van der Waals surface area contributed by atoms with E-state index in [9.17, 15) is 18.0 Å². The van der Waals surface area contributed by atoms with Gasteiger partial charge in [0.25, 0.3) is 5.56 Å². The zero-order valence-corrected chi connectivity index (χ0v) is 15.5. The lowest BCUT2D eigenvalue weighted by molar-refractivity contribution is 0.451. The number of hydrogen-bond donors (Lipinski definition) is 0. The van der Waals surface area contributed by atoms with Crippen LogP contribution in [0.15, 0.2) is 35.1 Å². The Kier molecular flexibility index (Phi) is 3.85. The quantitative estimate of drug-likeness (QED) is 0.444. The summed E-state index contributed by atoms with van der Waals surface area (Å²) in [6, 6.07) is 8.32. The molecule has 0 saturated carbocycles. The zero-order valence-electron chi connectivity index (χ0n) is 14.7. The van der Waals surface area contributed by atoms with Crippen molar-refractivity contribution in [1.29, 1.82) is 0 Å². The van der Waals surface area contributed by atoms with E-state index in [1.165, 1.54) is 0 Å². The molecular formula is C19H14F3N3OS. The molecule has 8 heteroatoms. The SMILES string of the molecule is CC(C)(C)c1ccc(-c2nn3c(nc(=O)c4cc(F)c(F)c(F)c43)s2)cc1. The second-order valence-electron chi connectivity index (χ2n) is 7.23. The van der Waals surface area contributed by atoms with Crippen molar-refractivity contribution in [2.45, 2.75) is 26.2 Å². The maximum atomic E-state index is 14.3. The summed E-state index contributed by atoms with van der Waals surface area (Å²) in [5.41, 5.74) is 0.621. The Morgan fingerprint density at radius 3 is 2.33 bits per heavy atom. The van der Waals surface area contributed by atoms with Gasteiger partial charge < -0.3 is 0 Å². The lowest BCUT2D eigenvalue weighted by Crippen LogP contribution is -2.12. The topological polar surface area (TPSA) is 47.3 Å². The van der Waals surface area contributed by atoms with Crippen LogP contribution >= 0.6 is 11.3 Å². The molecule has 138 valence electrons. The minimum atomic E-state index is -1.65. The van der Waals surface area contributed by atoms with Crippen LogP contribution in [-0.4, -0.2) is 14.6 Å². The summed E-state index contributed by atoms with van der Waals surface area (Å²) in [6.07, 6.45) is 0. The van der Waals surface area contributed by atoms with Gasteiger partial charge in [-0.2, -0.15) is 10.1 Å². The van der Waals surface area contributed by atoms with E-state index < -0.39 is 28.5 Å². The molecule has 4 aromatic rings. The van der Waals surface area contributed by atoms with Crippen molar-refractivity contribution in [2.75, 3.05) is 0 Å². The van der Waals surface area contributed by atoms with Crippen LogP contribution in [0.3, 0.4) is 0 Å². The van der Waals surface area contributed by atoms with Gasteiger partial charge >= 0.3 is 0 Å². The highest BCUT2D eigenvalue weighted by molar-refractivity contribution is 7.19. The van der Waals surface area contributed by atoms with Crippen molar-refractivity contribution in [2.24, 2.45) is 0 Å². The molecule has 0 saturated heterocycles. The maximum Gasteiger partial charge on any atom is 0.282 e. The van der Waals surface area contributed by atoms with E-state index in [4.69, 9.17) is 0 Å². The summed E-state index contributed by atoms with van der Waals surface area (Å²) in [6.45, 7) is 6.29. The third-order valence-corrected chi connectivity index (χ3v) is 5.29. The van der Waals surface area contributed by atoms with Gasteiger partial charge in [-0.15, -0.1) is 0 Å². The van der Waals surface area contributed by atoms with Crippen LogP contribution in [0.4, 0.5) is 13.2 Å². The van der Waals surface area contributed by atoms with E-state index in [1.54, 1.807) is 0 Å². The van der Waals surface area contributed by atoms with Crippen molar-refractivity contribution >= 4 is 27.2 Å². The van der Waals surface area contributed by atoms with Gasteiger partial charge in [0.2, 0.25) is 4.96 Å². The molecule has 2 aromatic heterocycles. The summed E-state index contributed by atoms with van der Waals surface area (Å²) in [5, 5.41) is 4.41. The Morgan fingerprint density at radius 2 is 1.70 bits per heavy atom. The third-order valence-electron chi connectivity index (χ3n) is 4.33. The summed E-state index contributed by atoms with van der Waals surface area (Å²) in [5.74, 6) is -4.54. The van der Waals surface area contributed by atoms with Crippen LogP contribution in [0.25, 0.3) is 26.4 Å². The molecule has 0 amide bonds. The van der Waals surface area contributed by atoms with E-state index in [0.29, 0.717) is 11.1 Å². The Hall–Kier alpha value is -2.74. The molecule has 0 aliphatic rings. The molecule has 0 fully saturated rings. The molecule has 0 unspecified atom stereocenters. The number of benzene rings is 2. The maximum absolute atomic E-state index is 14.3. The number of hydrogen-bond acceptors (Lipinski definition) is 4. The van der Waals surface area contributed by atoms with Crippen LogP contribution in [-0.2, 0) is 5.41 Å². The highest BCUT2D eigenvalue weighted by Gasteiger charge is 2.21. The molecule has 2 heterocycles. The predicted octanol–water partition coefficient (Wildman–Crippen LogP) is 4.69. The van der Waals surface area contributed by atoms with E-state index in [-0.39, 0.29) is 15.8 Å². The Bertz CT molecular complexity index is 1250. The van der Waals surface area contributed by atoms with Crippen LogP contribution in [0.5, 0.6) is 0 Å². The molecule has 0 atom stereocenters. The molecule has 0 aliphatic carbocycles. The number of rotatable bonds is 1. The normalized spacial score (nSPS) is 12.2. The Balaban J connectivity index is 1.96. The first-order valence-corrected chi connectivity index (χ1v) is 8.96. The molecule has 0 bridgehead atoms. The molecule has 0 radical (unpaired) electrons. The molecule has 4 nitrogen and oxygen atoms in total. The second kappa shape index (κ2) is 5.88. The minimum absolute atomic E-state index is 0.0131. The molecule has 0 aliphatic heterocycles. The van der Waals surface area contributed by atoms with E-state index in [0.717, 1.165) is 27.0 Å². The number of fused-ring (bicyclic) bond motifs is 3. The number of halogens is 3. The summed E-state index contributed by atoms with van der Waals surface area (Å²) in [7, 11) is 0. The fourth-order valence-electron chi connectivity index (χ4n) is 2.83. The van der Waals surface area contributed by atoms with E-state index in [2.05, 4.69) is 30.9 Å². The van der Waals surface area contributed by atoms with Gasteiger partial charge in [0.15, 0.2) is 17.5 Å². The third kappa shape index (κ3) is 2.80. The fourth-order valence-corrected chi connectivity index (χ4v) is 3.73. The van der Waals surface area contributed by atoms with Crippen LogP contribution < -0.4 is 5.56 Å². The van der Waals surface area contributed by atoms with E-state index >= 15 is 0 Å². The highest BCUT2D eigenvalue weighted by atomic mass is 32.1. The van der Waals surface area contributed by atoms with Gasteiger partial charge in [-0.25, -0.2) is 17.7 Å². The number of nitrogens with zero attached hydrogens (tertiary/aromatic N) is 3. The average molecular weight is 389 g/mol. The van der Waals surface area contributed by atoms with Crippen molar-refractivity contribution in [1.82, 2.24) is 14.6 Å². The van der Waals surface area contributed by atoms with Crippen LogP contribution in [0, 0.1) is 17.5 Å². The lowest BCUT2D eigenvalue weighted by Gasteiger charge is -2.18. The first-order valence-electron chi connectivity index (χ1n) is 8.15. The predicted molar refractivity (Wildman–Crippen MR) is 98.7 cm³/mol. The molecule has 4 rings (SSSR count). The molecule has 2 aromatic carbocycles. The first kappa shape index (κ1) is 17.7. The van der Waals surface area contributed by atoms with Crippen molar-refractivity contribution < 1.29 is 13.2 Å². The van der Waals surface area contributed by atoms with Gasteiger partial charge in [-0.3, -0.25) is 4.79 Å². The van der Waals surface area contributed by atoms with Crippen LogP contribution in [0.2, 0.25) is 0 Å². The van der Waals surface area contributed by atoms with Crippen molar-refractivity contribution in [3.63, 3.8) is 0 Å². The van der Waals surface area contributed by atoms with Gasteiger partial charge in [-0.1, -0.05) is 56.4 Å². The molecule has 0 spiro atoms. The summed E-state index contributed by atoms with van der Waals surface area (Å²) in [4.78, 5) is 16.0. The standard InChI is InChI=1S/C19H14F3N3OS/c1-19(2,3)10-6-4-9(5-7-10)17-24-25-15-11(16(26)23-18(25)27-17)8-12(20)13(21)14(15)22/h4-8H,1-3H3. The second-order valence-corrected chi connectivity index (χ2v) is 8.18. The van der Waals surface area contributed by atoms with Crippen LogP contribution in [0.1, 0.15) is 26.3 Å². The average Bonchev–Trinajstić information content (AvgIpc) is 3.03. The zero-order chi connectivity index (χ0) is 19.5. The minimum Gasteiger partial charge on any atom is -0.267 e. The van der Waals surface area contributed by atoms with Crippen molar-refractivity contribution in [3.8, 4) is 10.6 Å². The first-order chi connectivity index (χ1) is 12.7. The largest absolute Gasteiger partial charge is 0.282 e. The summed E-state index contributed by atoms with van der Waals surface area (Å²) >= 11 is 1.07. The van der Waals surface area contributed by atoms with E-state index in [1.807, 2.05) is 24.3 Å². The Labute approximate surface area is 155 Å². The molecule has 27 heavy (non-hydrogen) atoms. The van der Waals surface area contributed by atoms with Gasteiger partial charge in [0.1, 0.15) is 10.5 Å². The monoisotopic (exact) mass is 389 g/mol. The van der Waals surface area contributed by atoms with Gasteiger partial charge in [-0.05, 0) is 17.0 Å². The Morgan fingerprint density at radius 1 is 1.04 bits per heavy atom. The summed E-state index contributed by atoms with van der Waals surface area (Å²) < 4.78 is 42.6. The van der Waals surface area contributed by atoms with Crippen molar-refractivity contribution in [3.05, 3.63) is 63.7 Å². The number of aromatic nitrogens is 3. The fraction of sp³-hybridized carbons (Fsp3) is 0.211. The lowest BCUT2D eigenvalue weighted by atomic mass is 9.87.